The van der Waals surface area contributed by atoms with E-state index in [0.717, 1.165) is 0 Å². The van der Waals surface area contributed by atoms with Gasteiger partial charge in [0.2, 0.25) is 0 Å². The van der Waals surface area contributed by atoms with Gasteiger partial charge in [-0.05, 0) is 20.8 Å². The second-order valence-electron chi connectivity index (χ2n) is 2.78. The number of rotatable bonds is 1. The third-order valence-corrected chi connectivity index (χ3v) is 0.581. The number of amides is 1. The monoisotopic (exact) mass is 144 g/mol. The Labute approximate surface area is 60.9 Å². The molecule has 0 rings (SSSR count). The van der Waals surface area contributed by atoms with Gasteiger partial charge in [-0.1, -0.05) is 0 Å². The van der Waals surface area contributed by atoms with Crippen LogP contribution in [0.1, 0.15) is 20.8 Å². The fourth-order valence-corrected chi connectivity index (χ4v) is 0.360. The van der Waals surface area contributed by atoms with Gasteiger partial charge in [-0.3, -0.25) is 0 Å². The predicted molar refractivity (Wildman–Crippen MR) is 37.3 cm³/mol. The summed E-state index contributed by atoms with van der Waals surface area (Å²) in [4.78, 5) is 10.5. The predicted octanol–water partition coefficient (Wildman–Crippen LogP) is 0.0376. The third kappa shape index (κ3) is 5.43. The van der Waals surface area contributed by atoms with Crippen LogP contribution < -0.4 is 5.23 Å². The summed E-state index contributed by atoms with van der Waals surface area (Å²) in [5, 5.41) is 10.1. The normalized spacial score (nSPS) is 10.4. The van der Waals surface area contributed by atoms with E-state index in [1.807, 2.05) is 5.23 Å². The molecule has 0 atom stereocenters. The Balaban J connectivity index is 3.58. The molecule has 0 saturated carbocycles. The third-order valence-electron chi connectivity index (χ3n) is 0.581. The van der Waals surface area contributed by atoms with E-state index in [-0.39, 0.29) is 0 Å². The van der Waals surface area contributed by atoms with E-state index in [4.69, 9.17) is 9.76 Å². The molecule has 0 unspecified atom stereocenters. The molecule has 0 saturated heterocycles. The van der Waals surface area contributed by atoms with Crippen LogP contribution in [0.3, 0.4) is 0 Å². The van der Waals surface area contributed by atoms with Crippen molar-refractivity contribution >= 4 is 13.7 Å². The quantitative estimate of drug-likeness (QED) is 0.510. The first-order chi connectivity index (χ1) is 4.45. The summed E-state index contributed by atoms with van der Waals surface area (Å²) >= 11 is 0. The van der Waals surface area contributed by atoms with Crippen LogP contribution >= 0.6 is 0 Å². The maximum atomic E-state index is 10.5. The maximum Gasteiger partial charge on any atom is 0.438 e. The van der Waals surface area contributed by atoms with Gasteiger partial charge >= 0.3 is 13.7 Å². The summed E-state index contributed by atoms with van der Waals surface area (Å²) in [6.07, 6.45) is -0.657. The van der Waals surface area contributed by atoms with Crippen LogP contribution in [0.15, 0.2) is 0 Å². The Morgan fingerprint density at radius 2 is 2.10 bits per heavy atom. The van der Waals surface area contributed by atoms with Crippen LogP contribution in [-0.4, -0.2) is 24.3 Å². The van der Waals surface area contributed by atoms with Gasteiger partial charge < -0.3 is 15.0 Å². The van der Waals surface area contributed by atoms with Crippen molar-refractivity contribution in [2.45, 2.75) is 26.4 Å². The summed E-state index contributed by atoms with van der Waals surface area (Å²) < 4.78 is 4.74. The molecule has 1 amide bonds. The molecule has 1 radical (unpaired) electrons. The Kier molecular flexibility index (Phi) is 3.22. The topological polar surface area (TPSA) is 58.6 Å². The summed E-state index contributed by atoms with van der Waals surface area (Å²) in [6.45, 7) is 5.22. The summed E-state index contributed by atoms with van der Waals surface area (Å²) in [7, 11) is 0.536. The van der Waals surface area contributed by atoms with Gasteiger partial charge in [-0.2, -0.15) is 0 Å². The molecule has 2 N–H and O–H groups in total. The molecular weight excluding hydrogens is 133 g/mol. The molecule has 0 heterocycles. The molecule has 10 heavy (non-hydrogen) atoms. The Morgan fingerprint density at radius 3 is 2.40 bits per heavy atom. The van der Waals surface area contributed by atoms with Crippen molar-refractivity contribution in [1.82, 2.24) is 5.23 Å². The van der Waals surface area contributed by atoms with Crippen molar-refractivity contribution in [3.63, 3.8) is 0 Å². The molecule has 5 heteroatoms. The molecule has 0 aliphatic rings. The Hall–Kier alpha value is -0.705. The summed E-state index contributed by atoms with van der Waals surface area (Å²) in [5.41, 5.74) is -0.521. The van der Waals surface area contributed by atoms with E-state index < -0.39 is 11.7 Å². The zero-order valence-electron chi connectivity index (χ0n) is 6.34. The van der Waals surface area contributed by atoms with E-state index >= 15 is 0 Å². The lowest BCUT2D eigenvalue weighted by Gasteiger charge is -2.18. The SMILES string of the molecule is CC(C)(C)OC(=O)N[B]O. The first kappa shape index (κ1) is 9.29. The highest BCUT2D eigenvalue weighted by molar-refractivity contribution is 6.27. The van der Waals surface area contributed by atoms with Gasteiger partial charge in [-0.15, -0.1) is 0 Å². The molecule has 0 aromatic heterocycles. The van der Waals surface area contributed by atoms with Gasteiger partial charge in [0.25, 0.3) is 0 Å². The van der Waals surface area contributed by atoms with Gasteiger partial charge in [0, 0.05) is 0 Å². The van der Waals surface area contributed by atoms with E-state index in [2.05, 4.69) is 0 Å². The molecule has 0 aromatic carbocycles. The van der Waals surface area contributed by atoms with E-state index in [1.165, 1.54) is 0 Å². The standard InChI is InChI=1S/C5H11BNO3/c1-5(2,3)10-4(8)7-6-9/h9H,1-3H3,(H,7,8). The second kappa shape index (κ2) is 3.46. The van der Waals surface area contributed by atoms with Crippen LogP contribution in [0.4, 0.5) is 4.79 Å². The summed E-state index contributed by atoms with van der Waals surface area (Å²) in [5.74, 6) is 0. The first-order valence-corrected chi connectivity index (χ1v) is 2.91. The molecule has 0 spiro atoms. The first-order valence-electron chi connectivity index (χ1n) is 2.91. The molecule has 57 valence electrons. The lowest BCUT2D eigenvalue weighted by Crippen LogP contribution is -2.34. The smallest absolute Gasteiger partial charge is 0.438 e. The van der Waals surface area contributed by atoms with Crippen molar-refractivity contribution in [2.75, 3.05) is 0 Å². The largest absolute Gasteiger partial charge is 0.445 e. The van der Waals surface area contributed by atoms with Crippen molar-refractivity contribution < 1.29 is 14.6 Å². The highest BCUT2D eigenvalue weighted by Gasteiger charge is 2.15. The average Bonchev–Trinajstić information content (AvgIpc) is 1.59. The lowest BCUT2D eigenvalue weighted by molar-refractivity contribution is 0.0564. The molecule has 0 fully saturated rings. The summed E-state index contributed by atoms with van der Waals surface area (Å²) in [6, 6.07) is 0. The zero-order valence-corrected chi connectivity index (χ0v) is 6.34. The number of nitrogens with one attached hydrogen (secondary N) is 1. The lowest BCUT2D eigenvalue weighted by atomic mass is 10.2. The highest BCUT2D eigenvalue weighted by Crippen LogP contribution is 2.05. The van der Waals surface area contributed by atoms with E-state index in [9.17, 15) is 4.79 Å². The minimum absolute atomic E-state index is 0.521. The number of hydrogen-bond donors (Lipinski definition) is 2. The van der Waals surface area contributed by atoms with Crippen LogP contribution in [0.2, 0.25) is 0 Å². The van der Waals surface area contributed by atoms with Crippen molar-refractivity contribution in [3.05, 3.63) is 0 Å². The fraction of sp³-hybridized carbons (Fsp3) is 0.800. The van der Waals surface area contributed by atoms with Gasteiger partial charge in [0.1, 0.15) is 5.60 Å². The number of hydrogen-bond acceptors (Lipinski definition) is 3. The van der Waals surface area contributed by atoms with Gasteiger partial charge in [0.15, 0.2) is 0 Å². The van der Waals surface area contributed by atoms with Crippen LogP contribution in [-0.2, 0) is 4.74 Å². The highest BCUT2D eigenvalue weighted by atomic mass is 16.6. The molecule has 0 aliphatic heterocycles. The Morgan fingerprint density at radius 1 is 1.60 bits per heavy atom. The zero-order chi connectivity index (χ0) is 8.20. The van der Waals surface area contributed by atoms with Crippen LogP contribution in [0.5, 0.6) is 0 Å². The number of ether oxygens (including phenoxy) is 1. The molecule has 0 bridgehead atoms. The average molecular weight is 144 g/mol. The minimum Gasteiger partial charge on any atom is -0.445 e. The van der Waals surface area contributed by atoms with Crippen molar-refractivity contribution in [3.8, 4) is 0 Å². The van der Waals surface area contributed by atoms with E-state index in [0.29, 0.717) is 7.62 Å². The van der Waals surface area contributed by atoms with Crippen LogP contribution in [0, 0.1) is 0 Å². The van der Waals surface area contributed by atoms with E-state index in [1.54, 1.807) is 20.8 Å². The molecule has 0 aromatic rings. The maximum absolute atomic E-state index is 10.5. The number of carbonyl (C=O) groups excluding carboxylic acids is 1. The van der Waals surface area contributed by atoms with Gasteiger partial charge in [0.05, 0.1) is 0 Å². The fourth-order valence-electron chi connectivity index (χ4n) is 0.360. The van der Waals surface area contributed by atoms with Gasteiger partial charge in [-0.25, -0.2) is 4.79 Å². The van der Waals surface area contributed by atoms with Crippen molar-refractivity contribution in [2.24, 2.45) is 0 Å². The molecular formula is C5H11BNO3. The Bertz CT molecular complexity index is 121. The minimum atomic E-state index is -0.657. The molecule has 0 aliphatic carbocycles. The number of carbonyl (C=O) groups is 1. The molecule has 4 nitrogen and oxygen atoms in total. The van der Waals surface area contributed by atoms with Crippen molar-refractivity contribution in [1.29, 1.82) is 0 Å². The van der Waals surface area contributed by atoms with Crippen LogP contribution in [0.25, 0.3) is 0 Å². The second-order valence-corrected chi connectivity index (χ2v) is 2.78.